The normalized spacial score (nSPS) is 11.4. The molecule has 0 saturated carbocycles. The van der Waals surface area contributed by atoms with E-state index in [1.807, 2.05) is 30.3 Å². The first-order valence-electron chi connectivity index (χ1n) is 11.3. The van der Waals surface area contributed by atoms with Gasteiger partial charge in [0.1, 0.15) is 0 Å². The second-order valence-corrected chi connectivity index (χ2v) is 17.5. The summed E-state index contributed by atoms with van der Waals surface area (Å²) in [4.78, 5) is 55.1. The maximum atomic E-state index is 11.0. The Morgan fingerprint density at radius 1 is 0.767 bits per heavy atom. The SMILES string of the molecule is C=C(c1ccccc1)P(=O)(O)O.CC(=O)O.CC(=O)c1ccccc1.CC(Cl)(c1ccccc1)P(=O)(O)O.Cl.ClP(Cl)Cl.[2HH]. The van der Waals surface area contributed by atoms with Crippen LogP contribution in [0.1, 0.15) is 43.7 Å². The number of carboxylic acids is 1. The maximum Gasteiger partial charge on any atom is 0.356 e. The number of halogens is 5. The predicted molar refractivity (Wildman–Crippen MR) is 183 cm³/mol. The van der Waals surface area contributed by atoms with Gasteiger partial charge in [-0.15, -0.1) is 24.0 Å². The molecule has 1 unspecified atom stereocenters. The van der Waals surface area contributed by atoms with E-state index in [1.165, 1.54) is 6.92 Å². The van der Waals surface area contributed by atoms with E-state index in [4.69, 9.17) is 74.8 Å². The van der Waals surface area contributed by atoms with Crippen LogP contribution in [0.4, 0.5) is 0 Å². The van der Waals surface area contributed by atoms with Gasteiger partial charge in [0.05, 0.1) is 5.31 Å². The quantitative estimate of drug-likeness (QED) is 0.0965. The first kappa shape index (κ1) is 46.1. The van der Waals surface area contributed by atoms with Crippen molar-refractivity contribution in [3.8, 4) is 0 Å². The summed E-state index contributed by atoms with van der Waals surface area (Å²) < 4.78 is 20.1. The molecule has 0 radical (unpaired) electrons. The van der Waals surface area contributed by atoms with E-state index in [9.17, 15) is 13.9 Å². The number of Topliss-reactive ketones (excluding diaryl/α,β-unsaturated/α-hetero) is 1. The third kappa shape index (κ3) is 22.8. The van der Waals surface area contributed by atoms with Gasteiger partial charge >= 0.3 is 15.2 Å². The van der Waals surface area contributed by atoms with Crippen LogP contribution in [0.25, 0.3) is 5.31 Å². The van der Waals surface area contributed by atoms with Crippen molar-refractivity contribution in [1.29, 1.82) is 0 Å². The second-order valence-electron chi connectivity index (χ2n) is 7.85. The Morgan fingerprint density at radius 3 is 1.28 bits per heavy atom. The lowest BCUT2D eigenvalue weighted by atomic mass is 10.2. The molecule has 0 amide bonds. The van der Waals surface area contributed by atoms with Crippen LogP contribution in [0.15, 0.2) is 97.6 Å². The van der Waals surface area contributed by atoms with Gasteiger partial charge in [0, 0.05) is 13.9 Å². The van der Waals surface area contributed by atoms with Crippen molar-refractivity contribution in [1.82, 2.24) is 0 Å². The van der Waals surface area contributed by atoms with Crippen molar-refractivity contribution in [2.45, 2.75) is 25.4 Å². The van der Waals surface area contributed by atoms with Crippen molar-refractivity contribution >= 4 is 96.0 Å². The standard InChI is InChI=1S/C8H10ClO3P.C8H9O3P.C8H8O.C2H4O2.Cl3P.ClH.H2/c1-8(9,13(10,11)12)7-5-3-2-4-6-7;1-7(12(9,10)11)8-5-3-2-4-6-8;1-7(9)8-5-3-2-4-6-8;1-2(3)4;1-4(2)3;;/h2-6H,1H3,(H2,10,11,12);2-6H,1H2,(H2,9,10,11);2-6H,1H3;1H3,(H,3,4);;2*1H/i;;;;;;1+1. The lowest BCUT2D eigenvalue weighted by Crippen LogP contribution is -2.13. The highest BCUT2D eigenvalue weighted by Gasteiger charge is 2.41. The fourth-order valence-electron chi connectivity index (χ4n) is 2.38. The number of alkyl halides is 1. The van der Waals surface area contributed by atoms with Crippen LogP contribution in [0.3, 0.4) is 0 Å². The molecule has 0 spiro atoms. The number of carbonyl (C=O) groups is 2. The highest BCUT2D eigenvalue weighted by Crippen LogP contribution is 2.59. The summed E-state index contributed by atoms with van der Waals surface area (Å²) in [5, 5.41) is 7.28. The fourth-order valence-corrected chi connectivity index (χ4v) is 3.48. The molecule has 9 nitrogen and oxygen atoms in total. The van der Waals surface area contributed by atoms with Crippen LogP contribution in [-0.2, 0) is 18.5 Å². The summed E-state index contributed by atoms with van der Waals surface area (Å²) in [5.41, 5.74) is 1.67. The Labute approximate surface area is 279 Å². The van der Waals surface area contributed by atoms with Gasteiger partial charge in [-0.1, -0.05) is 131 Å². The molecule has 3 rings (SSSR count). The number of benzene rings is 3. The van der Waals surface area contributed by atoms with Gasteiger partial charge in [0.25, 0.3) is 5.97 Å². The summed E-state index contributed by atoms with van der Waals surface area (Å²) >= 11 is 20.4. The van der Waals surface area contributed by atoms with Gasteiger partial charge < -0.3 is 24.7 Å². The van der Waals surface area contributed by atoms with Crippen molar-refractivity contribution in [2.75, 3.05) is 0 Å². The van der Waals surface area contributed by atoms with Crippen LogP contribution in [0, 0.1) is 0 Å². The predicted octanol–water partition coefficient (Wildman–Crippen LogP) is 9.69. The summed E-state index contributed by atoms with van der Waals surface area (Å²) in [7, 11) is -8.50. The Morgan fingerprint density at radius 2 is 1.05 bits per heavy atom. The zero-order valence-corrected chi connectivity index (χ0v) is 29.5. The summed E-state index contributed by atoms with van der Waals surface area (Å²) in [6.45, 7) is 7.29. The molecule has 1 atom stereocenters. The third-order valence-electron chi connectivity index (χ3n) is 4.49. The van der Waals surface area contributed by atoms with Gasteiger partial charge in [-0.25, -0.2) is 0 Å². The van der Waals surface area contributed by atoms with E-state index >= 15 is 0 Å². The first-order chi connectivity index (χ1) is 19.1. The number of carbonyl (C=O) groups excluding carboxylic acids is 1. The molecule has 0 aliphatic carbocycles. The zero-order chi connectivity index (χ0) is 33.1. The van der Waals surface area contributed by atoms with Crippen LogP contribution < -0.4 is 0 Å². The Hall–Kier alpha value is -1.28. The van der Waals surface area contributed by atoms with E-state index in [-0.39, 0.29) is 24.9 Å². The maximum absolute atomic E-state index is 11.0. The number of hydrogen-bond donors (Lipinski definition) is 5. The minimum atomic E-state index is -4.33. The largest absolute Gasteiger partial charge is 0.481 e. The van der Waals surface area contributed by atoms with Crippen molar-refractivity contribution in [3.05, 3.63) is 114 Å². The Kier molecular flexibility index (Phi) is 24.8. The molecule has 0 bridgehead atoms. The van der Waals surface area contributed by atoms with Gasteiger partial charge in [-0.05, 0) is 25.0 Å². The highest BCUT2D eigenvalue weighted by molar-refractivity contribution is 8.20. The minimum Gasteiger partial charge on any atom is -0.481 e. The first-order valence-corrected chi connectivity index (χ1v) is 18.9. The van der Waals surface area contributed by atoms with Crippen molar-refractivity contribution < 1.29 is 44.8 Å². The average Bonchev–Trinajstić information content (AvgIpc) is 2.89. The number of hydrogen-bond acceptors (Lipinski definition) is 4. The second kappa shape index (κ2) is 23.1. The molecule has 5 N–H and O–H groups in total. The molecule has 3 aromatic carbocycles. The van der Waals surface area contributed by atoms with Gasteiger partial charge in [0.15, 0.2) is 16.4 Å². The van der Waals surface area contributed by atoms with Gasteiger partial charge in [-0.3, -0.25) is 18.7 Å². The van der Waals surface area contributed by atoms with E-state index in [0.29, 0.717) is 11.1 Å². The third-order valence-corrected chi connectivity index (χ3v) is 7.68. The molecule has 0 aromatic heterocycles. The lowest BCUT2D eigenvalue weighted by Gasteiger charge is -2.23. The van der Waals surface area contributed by atoms with E-state index in [1.54, 1.807) is 67.6 Å². The lowest BCUT2D eigenvalue weighted by molar-refractivity contribution is -0.134. The number of ketones is 1. The van der Waals surface area contributed by atoms with Crippen LogP contribution in [0.2, 0.25) is 0 Å². The van der Waals surface area contributed by atoms with Crippen molar-refractivity contribution in [2.24, 2.45) is 0 Å². The zero-order valence-electron chi connectivity index (χ0n) is 23.0. The molecule has 3 aromatic rings. The van der Waals surface area contributed by atoms with Crippen LogP contribution in [-0.4, -0.2) is 36.4 Å². The molecule has 43 heavy (non-hydrogen) atoms. The smallest absolute Gasteiger partial charge is 0.356 e. The molecule has 0 aliphatic rings. The fraction of sp³-hybridized carbons (Fsp3) is 0.154. The summed E-state index contributed by atoms with van der Waals surface area (Å²) in [5.74, 6) is -1.92. The minimum absolute atomic E-state index is 0. The molecule has 242 valence electrons. The van der Waals surface area contributed by atoms with Crippen LogP contribution >= 0.6 is 78.9 Å². The number of rotatable bonds is 5. The Bertz CT molecular complexity index is 1320. The molecule has 0 heterocycles. The van der Waals surface area contributed by atoms with E-state index < -0.39 is 31.8 Å². The van der Waals surface area contributed by atoms with Gasteiger partial charge in [0.2, 0.25) is 0 Å². The number of carboxylic acid groups (broad SMARTS) is 1. The molecule has 0 fully saturated rings. The number of aliphatic carboxylic acids is 1. The van der Waals surface area contributed by atoms with E-state index in [2.05, 4.69) is 6.58 Å². The van der Waals surface area contributed by atoms with Crippen molar-refractivity contribution in [3.63, 3.8) is 0 Å². The topological polar surface area (TPSA) is 169 Å². The molecule has 0 saturated heterocycles. The van der Waals surface area contributed by atoms with Crippen LogP contribution in [0.5, 0.6) is 0 Å². The summed E-state index contributed by atoms with van der Waals surface area (Å²) in [6.07, 6.45) is 0. The molecular formula is C26H34Cl5O9P3. The highest BCUT2D eigenvalue weighted by atomic mass is 36.0. The molecule has 17 heteroatoms. The molecular weight excluding hydrogens is 726 g/mol. The summed E-state index contributed by atoms with van der Waals surface area (Å²) in [6, 6.07) is 25.9. The van der Waals surface area contributed by atoms with Gasteiger partial charge in [-0.2, -0.15) is 0 Å². The monoisotopic (exact) mass is 759 g/mol. The van der Waals surface area contributed by atoms with E-state index in [0.717, 1.165) is 12.5 Å². The average molecular weight is 762 g/mol. The molecule has 0 aliphatic heterocycles. The Balaban J connectivity index is -0.000000240.